The number of benzene rings is 2. The first-order valence-corrected chi connectivity index (χ1v) is 14.9. The van der Waals surface area contributed by atoms with Crippen LogP contribution in [0.25, 0.3) is 10.9 Å². The van der Waals surface area contributed by atoms with Gasteiger partial charge in [-0.1, -0.05) is 6.07 Å². The fraction of sp³-hybridized carbons (Fsp3) is 0.438. The van der Waals surface area contributed by atoms with Crippen LogP contribution < -0.4 is 15.0 Å². The van der Waals surface area contributed by atoms with E-state index in [9.17, 15) is 23.2 Å². The van der Waals surface area contributed by atoms with Crippen molar-refractivity contribution >= 4 is 34.4 Å². The van der Waals surface area contributed by atoms with Gasteiger partial charge in [-0.2, -0.15) is 0 Å². The predicted octanol–water partition coefficient (Wildman–Crippen LogP) is 3.88. The number of halogens is 2. The second kappa shape index (κ2) is 10.9. The van der Waals surface area contributed by atoms with Crippen molar-refractivity contribution in [2.24, 2.45) is 0 Å². The van der Waals surface area contributed by atoms with Gasteiger partial charge in [-0.05, 0) is 66.4 Å². The number of pyridine rings is 1. The molecule has 1 aromatic heterocycles. The van der Waals surface area contributed by atoms with Crippen molar-refractivity contribution in [3.63, 3.8) is 0 Å². The minimum absolute atomic E-state index is 0.0167. The van der Waals surface area contributed by atoms with Gasteiger partial charge in [-0.25, -0.2) is 13.8 Å². The van der Waals surface area contributed by atoms with Crippen molar-refractivity contribution in [3.05, 3.63) is 65.2 Å². The number of carbonyl (C=O) groups is 3. The monoisotopic (exact) mass is 589 g/mol. The van der Waals surface area contributed by atoms with Crippen LogP contribution in [0.5, 0.6) is 5.75 Å². The Morgan fingerprint density at radius 2 is 1.81 bits per heavy atom. The van der Waals surface area contributed by atoms with Crippen molar-refractivity contribution in [1.29, 1.82) is 0 Å². The summed E-state index contributed by atoms with van der Waals surface area (Å²) < 4.78 is 33.4. The van der Waals surface area contributed by atoms with Crippen molar-refractivity contribution in [3.8, 4) is 5.75 Å². The quantitative estimate of drug-likeness (QED) is 0.436. The van der Waals surface area contributed by atoms with E-state index in [0.717, 1.165) is 48.3 Å². The molecule has 5 heterocycles. The molecule has 9 nitrogen and oxygen atoms in total. The summed E-state index contributed by atoms with van der Waals surface area (Å²) in [5, 5.41) is 3.36. The second-order valence-corrected chi connectivity index (χ2v) is 12.0. The molecule has 1 unspecified atom stereocenters. The number of piperidine rings is 2. The third kappa shape index (κ3) is 5.65. The highest BCUT2D eigenvalue weighted by molar-refractivity contribution is 6.05. The molecule has 0 aliphatic carbocycles. The summed E-state index contributed by atoms with van der Waals surface area (Å²) in [5.74, 6) is -2.04. The van der Waals surface area contributed by atoms with Gasteiger partial charge in [0.05, 0.1) is 5.52 Å². The number of alkyl halides is 2. The molecule has 11 heteroatoms. The summed E-state index contributed by atoms with van der Waals surface area (Å²) in [5.41, 5.74) is 3.42. The summed E-state index contributed by atoms with van der Waals surface area (Å²) in [7, 11) is 0. The van der Waals surface area contributed by atoms with E-state index in [4.69, 9.17) is 9.72 Å². The van der Waals surface area contributed by atoms with E-state index in [2.05, 4.69) is 22.3 Å². The molecule has 7 rings (SSSR count). The Kier molecular flexibility index (Phi) is 6.99. The van der Waals surface area contributed by atoms with E-state index in [1.54, 1.807) is 11.0 Å². The lowest BCUT2D eigenvalue weighted by molar-refractivity contribution is -0.136. The van der Waals surface area contributed by atoms with Gasteiger partial charge in [-0.3, -0.25) is 24.6 Å². The maximum atomic E-state index is 13.6. The van der Waals surface area contributed by atoms with Gasteiger partial charge in [0.2, 0.25) is 11.8 Å². The first-order chi connectivity index (χ1) is 20.7. The van der Waals surface area contributed by atoms with Crippen molar-refractivity contribution in [1.82, 2.24) is 20.1 Å². The zero-order chi connectivity index (χ0) is 29.7. The van der Waals surface area contributed by atoms with Gasteiger partial charge >= 0.3 is 0 Å². The highest BCUT2D eigenvalue weighted by Crippen LogP contribution is 2.32. The summed E-state index contributed by atoms with van der Waals surface area (Å²) in [6.45, 7) is 3.39. The molecule has 3 aromatic rings. The van der Waals surface area contributed by atoms with E-state index in [-0.39, 0.29) is 37.2 Å². The molecule has 3 fully saturated rings. The highest BCUT2D eigenvalue weighted by Gasteiger charge is 2.39. The Labute approximate surface area is 247 Å². The van der Waals surface area contributed by atoms with E-state index in [0.29, 0.717) is 37.4 Å². The number of amides is 3. The number of fused-ring (bicyclic) bond motifs is 2. The molecule has 4 aliphatic heterocycles. The van der Waals surface area contributed by atoms with Crippen LogP contribution in [-0.2, 0) is 22.7 Å². The molecular formula is C32H33F2N5O4. The first kappa shape index (κ1) is 27.7. The van der Waals surface area contributed by atoms with Crippen LogP contribution in [0.4, 0.5) is 14.6 Å². The topological polar surface area (TPSA) is 95.1 Å². The van der Waals surface area contributed by atoms with Crippen LogP contribution in [0.1, 0.15) is 53.6 Å². The molecule has 2 atom stereocenters. The van der Waals surface area contributed by atoms with Crippen LogP contribution in [-0.4, -0.2) is 76.8 Å². The smallest absolute Gasteiger partial charge is 0.255 e. The highest BCUT2D eigenvalue weighted by atomic mass is 19.3. The van der Waals surface area contributed by atoms with Crippen molar-refractivity contribution in [2.45, 2.75) is 63.3 Å². The maximum absolute atomic E-state index is 13.6. The lowest BCUT2D eigenvalue weighted by Gasteiger charge is -2.32. The SMILES string of the molecule is O=C1CCC(N2Cc3cc(O[C@H]4CCN(Cc5ccc6nc(N7CCC(F)(F)CC7)ccc6c5)C4)ccc3C2=O)C(=O)N1. The summed E-state index contributed by atoms with van der Waals surface area (Å²) in [6.07, 6.45) is 1.19. The molecule has 3 amide bonds. The minimum atomic E-state index is -2.58. The lowest BCUT2D eigenvalue weighted by Crippen LogP contribution is -2.52. The van der Waals surface area contributed by atoms with E-state index in [1.165, 1.54) is 5.56 Å². The number of aromatic nitrogens is 1. The fourth-order valence-electron chi connectivity index (χ4n) is 6.61. The molecule has 0 radical (unpaired) electrons. The molecule has 0 saturated carbocycles. The lowest BCUT2D eigenvalue weighted by atomic mass is 10.0. The number of hydrogen-bond acceptors (Lipinski definition) is 7. The number of nitrogens with one attached hydrogen (secondary N) is 1. The first-order valence-electron chi connectivity index (χ1n) is 14.9. The van der Waals surface area contributed by atoms with Crippen molar-refractivity contribution < 1.29 is 27.9 Å². The van der Waals surface area contributed by atoms with Gasteiger partial charge in [0.25, 0.3) is 11.8 Å². The standard InChI is InChI=1S/C32H33F2N5O4/c33-32(34)10-13-38(14-11-32)28-7-2-21-15-20(1-5-26(21)35-28)17-37-12-9-24(19-37)43-23-3-4-25-22(16-23)18-39(31(25)42)27-6-8-29(40)36-30(27)41/h1-5,7,15-16,24,27H,6,8-14,17-19H2,(H,36,40,41)/t24-,27?/m0/s1. The molecule has 1 N–H and O–H groups in total. The van der Waals surface area contributed by atoms with Gasteiger partial charge in [-0.15, -0.1) is 0 Å². The third-order valence-electron chi connectivity index (χ3n) is 8.99. The fourth-order valence-corrected chi connectivity index (χ4v) is 6.61. The zero-order valence-electron chi connectivity index (χ0n) is 23.7. The number of nitrogens with zero attached hydrogens (tertiary/aromatic N) is 4. The minimum Gasteiger partial charge on any atom is -0.489 e. The van der Waals surface area contributed by atoms with Gasteiger partial charge in [0, 0.05) is 69.5 Å². The third-order valence-corrected chi connectivity index (χ3v) is 8.99. The normalized spacial score (nSPS) is 24.0. The van der Waals surface area contributed by atoms with E-state index in [1.807, 2.05) is 35.2 Å². The molecule has 3 saturated heterocycles. The number of imide groups is 1. The molecular weight excluding hydrogens is 556 g/mol. The number of anilines is 1. The number of ether oxygens (including phenoxy) is 1. The molecule has 4 aliphatic rings. The van der Waals surface area contributed by atoms with Crippen LogP contribution in [0.2, 0.25) is 0 Å². The molecule has 0 spiro atoms. The average molecular weight is 590 g/mol. The van der Waals surface area contributed by atoms with Crippen molar-refractivity contribution in [2.75, 3.05) is 31.1 Å². The van der Waals surface area contributed by atoms with Crippen LogP contribution in [0.3, 0.4) is 0 Å². The number of likely N-dealkylation sites (tertiary alicyclic amines) is 1. The molecule has 43 heavy (non-hydrogen) atoms. The Bertz CT molecular complexity index is 1600. The Morgan fingerprint density at radius 3 is 2.63 bits per heavy atom. The van der Waals surface area contributed by atoms with Crippen LogP contribution in [0.15, 0.2) is 48.5 Å². The largest absolute Gasteiger partial charge is 0.489 e. The zero-order valence-corrected chi connectivity index (χ0v) is 23.7. The Balaban J connectivity index is 0.949. The van der Waals surface area contributed by atoms with Crippen LogP contribution >= 0.6 is 0 Å². The van der Waals surface area contributed by atoms with E-state index >= 15 is 0 Å². The van der Waals surface area contributed by atoms with Crippen LogP contribution in [0, 0.1) is 0 Å². The average Bonchev–Trinajstić information content (AvgIpc) is 3.55. The second-order valence-electron chi connectivity index (χ2n) is 12.0. The Hall–Kier alpha value is -4.12. The van der Waals surface area contributed by atoms with Gasteiger partial charge < -0.3 is 14.5 Å². The predicted molar refractivity (Wildman–Crippen MR) is 155 cm³/mol. The van der Waals surface area contributed by atoms with E-state index < -0.39 is 17.9 Å². The summed E-state index contributed by atoms with van der Waals surface area (Å²) in [6, 6.07) is 15.0. The van der Waals surface area contributed by atoms with Gasteiger partial charge in [0.15, 0.2) is 0 Å². The Morgan fingerprint density at radius 1 is 0.977 bits per heavy atom. The molecule has 0 bridgehead atoms. The summed E-state index contributed by atoms with van der Waals surface area (Å²) in [4.78, 5) is 47.4. The van der Waals surface area contributed by atoms with Gasteiger partial charge in [0.1, 0.15) is 23.7 Å². The maximum Gasteiger partial charge on any atom is 0.255 e. The number of rotatable bonds is 6. The number of carbonyl (C=O) groups excluding carboxylic acids is 3. The molecule has 2 aromatic carbocycles. The molecule has 224 valence electrons. The number of hydrogen-bond donors (Lipinski definition) is 1. The summed E-state index contributed by atoms with van der Waals surface area (Å²) >= 11 is 0.